The molecule has 10 nitrogen and oxygen atoms in total. The molecule has 0 radical (unpaired) electrons. The number of thioether (sulfide) groups is 1. The summed E-state index contributed by atoms with van der Waals surface area (Å²) in [6.45, 7) is 4.19. The molecule has 0 amide bonds. The Morgan fingerprint density at radius 1 is 1.41 bits per heavy atom. The minimum absolute atomic E-state index is 0.189. The fourth-order valence-corrected chi connectivity index (χ4v) is 3.41. The number of hydrogen-bond acceptors (Lipinski definition) is 10. The van der Waals surface area contributed by atoms with E-state index in [0.29, 0.717) is 22.8 Å². The van der Waals surface area contributed by atoms with E-state index >= 15 is 0 Å². The minimum atomic E-state index is -1.10. The Balaban J connectivity index is 1.87. The first-order valence-electron chi connectivity index (χ1n) is 8.70. The monoisotopic (exact) mass is 395 g/mol. The molecule has 0 aromatic carbocycles. The lowest BCUT2D eigenvalue weighted by Crippen LogP contribution is -2.32. The van der Waals surface area contributed by atoms with Gasteiger partial charge in [-0.2, -0.15) is 26.8 Å². The third-order valence-corrected chi connectivity index (χ3v) is 4.89. The summed E-state index contributed by atoms with van der Waals surface area (Å²) >= 11 is 1.53. The van der Waals surface area contributed by atoms with Crippen molar-refractivity contribution in [3.05, 3.63) is 6.33 Å². The largest absolute Gasteiger partial charge is 0.387 e. The third-order valence-electron chi connectivity index (χ3n) is 4.22. The average molecular weight is 395 g/mol. The Morgan fingerprint density at radius 2 is 2.19 bits per heavy atom. The SMILES string of the molecule is CSC[C@H]1O[C@@H](n2cnc3c(N)nc(N/N=C/CC(C)C)nc32)C(O)[C@H]1O. The number of aliphatic hydroxyl groups excluding tert-OH is 2. The van der Waals surface area contributed by atoms with Gasteiger partial charge in [0.15, 0.2) is 17.7 Å². The van der Waals surface area contributed by atoms with Gasteiger partial charge in [-0.15, -0.1) is 0 Å². The van der Waals surface area contributed by atoms with Crippen molar-refractivity contribution in [1.29, 1.82) is 0 Å². The predicted octanol–water partition coefficient (Wildman–Crippen LogP) is 0.834. The summed E-state index contributed by atoms with van der Waals surface area (Å²) < 4.78 is 7.39. The predicted molar refractivity (Wildman–Crippen MR) is 106 cm³/mol. The highest BCUT2D eigenvalue weighted by molar-refractivity contribution is 7.98. The number of anilines is 2. The van der Waals surface area contributed by atoms with Crippen LogP contribution in [0.4, 0.5) is 11.8 Å². The summed E-state index contributed by atoms with van der Waals surface area (Å²) in [5, 5.41) is 24.7. The van der Waals surface area contributed by atoms with Crippen molar-refractivity contribution in [3.8, 4) is 0 Å². The van der Waals surface area contributed by atoms with Gasteiger partial charge in [0.25, 0.3) is 0 Å². The Labute approximate surface area is 161 Å². The normalized spacial score (nSPS) is 25.9. The quantitative estimate of drug-likeness (QED) is 0.396. The van der Waals surface area contributed by atoms with Crippen LogP contribution in [0, 0.1) is 5.92 Å². The Hall–Kier alpha value is -1.95. The van der Waals surface area contributed by atoms with Crippen LogP contribution in [0.1, 0.15) is 26.5 Å². The van der Waals surface area contributed by atoms with E-state index in [4.69, 9.17) is 10.5 Å². The van der Waals surface area contributed by atoms with Gasteiger partial charge in [-0.1, -0.05) is 13.8 Å². The second-order valence-electron chi connectivity index (χ2n) is 6.81. The fraction of sp³-hybridized carbons (Fsp3) is 0.625. The van der Waals surface area contributed by atoms with Crippen molar-refractivity contribution < 1.29 is 14.9 Å². The molecular formula is C16H25N7O3S. The van der Waals surface area contributed by atoms with Gasteiger partial charge in [0.05, 0.1) is 12.4 Å². The molecule has 0 aliphatic carbocycles. The maximum atomic E-state index is 10.4. The summed E-state index contributed by atoms with van der Waals surface area (Å²) in [6, 6.07) is 0. The van der Waals surface area contributed by atoms with E-state index < -0.39 is 24.5 Å². The van der Waals surface area contributed by atoms with Crippen LogP contribution in [-0.4, -0.2) is 66.3 Å². The summed E-state index contributed by atoms with van der Waals surface area (Å²) in [4.78, 5) is 12.8. The summed E-state index contributed by atoms with van der Waals surface area (Å²) in [6.07, 6.45) is 2.58. The number of nitrogen functional groups attached to an aromatic ring is 1. The molecule has 1 aliphatic heterocycles. The highest BCUT2D eigenvalue weighted by Gasteiger charge is 2.44. The number of hydrogen-bond donors (Lipinski definition) is 4. The van der Waals surface area contributed by atoms with Crippen LogP contribution in [0.2, 0.25) is 0 Å². The molecule has 0 bridgehead atoms. The molecule has 2 aromatic heterocycles. The lowest BCUT2D eigenvalue weighted by molar-refractivity contribution is -0.0288. The van der Waals surface area contributed by atoms with Gasteiger partial charge >= 0.3 is 0 Å². The number of nitrogens with zero attached hydrogens (tertiary/aromatic N) is 5. The molecule has 11 heteroatoms. The number of imidazole rings is 1. The lowest BCUT2D eigenvalue weighted by atomic mass is 10.1. The highest BCUT2D eigenvalue weighted by atomic mass is 32.2. The van der Waals surface area contributed by atoms with Crippen molar-refractivity contribution in [3.63, 3.8) is 0 Å². The number of aliphatic hydroxyl groups is 2. The minimum Gasteiger partial charge on any atom is -0.387 e. The van der Waals surface area contributed by atoms with E-state index in [2.05, 4.69) is 39.3 Å². The van der Waals surface area contributed by atoms with Gasteiger partial charge in [-0.3, -0.25) is 4.57 Å². The summed E-state index contributed by atoms with van der Waals surface area (Å²) in [5.74, 6) is 1.46. The summed E-state index contributed by atoms with van der Waals surface area (Å²) in [5.41, 5.74) is 9.53. The van der Waals surface area contributed by atoms with Gasteiger partial charge in [0.1, 0.15) is 17.7 Å². The number of hydrazone groups is 1. The van der Waals surface area contributed by atoms with E-state index in [-0.39, 0.29) is 11.8 Å². The smallest absolute Gasteiger partial charge is 0.247 e. The van der Waals surface area contributed by atoms with E-state index in [1.807, 2.05) is 6.26 Å². The zero-order valence-electron chi connectivity index (χ0n) is 15.5. The maximum Gasteiger partial charge on any atom is 0.247 e. The molecule has 5 N–H and O–H groups in total. The van der Waals surface area contributed by atoms with E-state index in [9.17, 15) is 10.2 Å². The zero-order valence-corrected chi connectivity index (χ0v) is 16.3. The fourth-order valence-electron chi connectivity index (χ4n) is 2.80. The standard InChI is InChI=1S/C16H25N7O3S/c1-8(2)4-5-19-22-16-20-13(17)10-14(21-16)23(7-18-10)15-12(25)11(24)9(26-15)6-27-3/h5,7-9,11-12,15,24-25H,4,6H2,1-3H3,(H3,17,20,21,22)/b19-5+/t9-,11+,12?,15-/m1/s1. The molecule has 148 valence electrons. The van der Waals surface area contributed by atoms with Crippen molar-refractivity contribution in [2.24, 2.45) is 11.0 Å². The van der Waals surface area contributed by atoms with Crippen LogP contribution in [-0.2, 0) is 4.74 Å². The van der Waals surface area contributed by atoms with Gasteiger partial charge in [0, 0.05) is 12.0 Å². The van der Waals surface area contributed by atoms with Gasteiger partial charge in [0.2, 0.25) is 5.95 Å². The van der Waals surface area contributed by atoms with Crippen LogP contribution < -0.4 is 11.2 Å². The first kappa shape index (κ1) is 19.8. The highest BCUT2D eigenvalue weighted by Crippen LogP contribution is 2.33. The van der Waals surface area contributed by atoms with Crippen molar-refractivity contribution in [2.45, 2.75) is 44.8 Å². The molecule has 1 fully saturated rings. The number of ether oxygens (including phenoxy) is 1. The number of aromatic nitrogens is 4. The first-order chi connectivity index (χ1) is 12.9. The molecule has 2 aromatic rings. The molecule has 1 aliphatic rings. The molecule has 27 heavy (non-hydrogen) atoms. The molecule has 0 spiro atoms. The van der Waals surface area contributed by atoms with E-state index in [1.54, 1.807) is 10.8 Å². The van der Waals surface area contributed by atoms with Crippen molar-refractivity contribution in [1.82, 2.24) is 19.5 Å². The third kappa shape index (κ3) is 4.15. The van der Waals surface area contributed by atoms with Gasteiger partial charge in [-0.25, -0.2) is 10.4 Å². The molecule has 3 heterocycles. The molecule has 4 atom stereocenters. The number of nitrogens with two attached hydrogens (primary N) is 1. The molecule has 3 rings (SSSR count). The average Bonchev–Trinajstić information content (AvgIpc) is 3.16. The van der Waals surface area contributed by atoms with Crippen molar-refractivity contribution >= 4 is 40.9 Å². The second-order valence-corrected chi connectivity index (χ2v) is 7.72. The van der Waals surface area contributed by atoms with E-state index in [0.717, 1.165) is 6.42 Å². The molecular weight excluding hydrogens is 370 g/mol. The first-order valence-corrected chi connectivity index (χ1v) is 10.1. The van der Waals surface area contributed by atoms with Gasteiger partial charge in [-0.05, 0) is 18.6 Å². The molecule has 1 saturated heterocycles. The zero-order chi connectivity index (χ0) is 19.6. The Bertz CT molecular complexity index is 813. The molecule has 0 saturated carbocycles. The van der Waals surface area contributed by atoms with Crippen LogP contribution in [0.3, 0.4) is 0 Å². The van der Waals surface area contributed by atoms with Crippen LogP contribution in [0.25, 0.3) is 11.2 Å². The van der Waals surface area contributed by atoms with Gasteiger partial charge < -0.3 is 20.7 Å². The second kappa shape index (κ2) is 8.38. The number of nitrogens with one attached hydrogen (secondary N) is 1. The summed E-state index contributed by atoms with van der Waals surface area (Å²) in [7, 11) is 0. The Morgan fingerprint density at radius 3 is 2.89 bits per heavy atom. The Kier molecular flexibility index (Phi) is 6.15. The number of fused-ring (bicyclic) bond motifs is 1. The van der Waals surface area contributed by atoms with E-state index in [1.165, 1.54) is 18.1 Å². The van der Waals surface area contributed by atoms with Crippen LogP contribution in [0.5, 0.6) is 0 Å². The topological polar surface area (TPSA) is 144 Å². The van der Waals surface area contributed by atoms with Crippen LogP contribution in [0.15, 0.2) is 11.4 Å². The molecule has 1 unspecified atom stereocenters. The maximum absolute atomic E-state index is 10.4. The number of rotatable bonds is 7. The van der Waals surface area contributed by atoms with Crippen molar-refractivity contribution in [2.75, 3.05) is 23.2 Å². The lowest BCUT2D eigenvalue weighted by Gasteiger charge is -2.16. The van der Waals surface area contributed by atoms with Crippen LogP contribution >= 0.6 is 11.8 Å².